The Bertz CT molecular complexity index is 326. The molecule has 2 N–H and O–H groups in total. The molecule has 6 nitrogen and oxygen atoms in total. The van der Waals surface area contributed by atoms with Crippen molar-refractivity contribution in [2.75, 3.05) is 7.05 Å². The molecule has 0 heterocycles. The Hall–Kier alpha value is -0.660. The maximum absolute atomic E-state index is 11.7. The van der Waals surface area contributed by atoms with E-state index in [-0.39, 0.29) is 12.5 Å². The minimum atomic E-state index is -3.72. The van der Waals surface area contributed by atoms with Gasteiger partial charge in [0.2, 0.25) is 0 Å². The molecule has 16 heavy (non-hydrogen) atoms. The summed E-state index contributed by atoms with van der Waals surface area (Å²) in [7, 11) is -2.31. The molecule has 0 fully saturated rings. The van der Waals surface area contributed by atoms with Crippen molar-refractivity contribution in [1.82, 2.24) is 9.03 Å². The van der Waals surface area contributed by atoms with E-state index in [0.717, 1.165) is 4.31 Å². The summed E-state index contributed by atoms with van der Waals surface area (Å²) in [6, 6.07) is -1.27. The lowest BCUT2D eigenvalue weighted by molar-refractivity contribution is -0.139. The first kappa shape index (κ1) is 15.3. The number of hydrogen-bond acceptors (Lipinski definition) is 3. The molecule has 0 aromatic carbocycles. The van der Waals surface area contributed by atoms with Crippen molar-refractivity contribution < 1.29 is 18.3 Å². The van der Waals surface area contributed by atoms with Gasteiger partial charge < -0.3 is 5.11 Å². The maximum Gasteiger partial charge on any atom is 0.321 e. The van der Waals surface area contributed by atoms with E-state index in [1.807, 2.05) is 0 Å². The van der Waals surface area contributed by atoms with Gasteiger partial charge in [-0.25, -0.2) is 0 Å². The van der Waals surface area contributed by atoms with Crippen molar-refractivity contribution in [3.63, 3.8) is 0 Å². The van der Waals surface area contributed by atoms with Gasteiger partial charge in [-0.15, -0.1) is 0 Å². The predicted molar refractivity (Wildman–Crippen MR) is 61.3 cm³/mol. The first-order valence-electron chi connectivity index (χ1n) is 5.20. The van der Waals surface area contributed by atoms with Gasteiger partial charge in [-0.05, 0) is 20.3 Å². The molecule has 0 amide bonds. The largest absolute Gasteiger partial charge is 0.480 e. The second-order valence-corrected chi connectivity index (χ2v) is 5.67. The standard InChI is InChI=1S/C9H20N2O4S/c1-5-6-8(9(12)13)10-16(14,15)11(4)7(2)3/h7-8,10H,5-6H2,1-4H3,(H,12,13)/t8-/m0/s1. The number of rotatable bonds is 7. The Labute approximate surface area is 96.8 Å². The van der Waals surface area contributed by atoms with Crippen molar-refractivity contribution in [3.8, 4) is 0 Å². The Morgan fingerprint density at radius 1 is 1.44 bits per heavy atom. The van der Waals surface area contributed by atoms with E-state index < -0.39 is 22.2 Å². The summed E-state index contributed by atoms with van der Waals surface area (Å²) >= 11 is 0. The van der Waals surface area contributed by atoms with Crippen LogP contribution in [-0.2, 0) is 15.0 Å². The third-order valence-corrected chi connectivity index (χ3v) is 4.04. The Morgan fingerprint density at radius 3 is 2.25 bits per heavy atom. The third kappa shape index (κ3) is 4.46. The van der Waals surface area contributed by atoms with Crippen molar-refractivity contribution in [3.05, 3.63) is 0 Å². The van der Waals surface area contributed by atoms with Crippen LogP contribution in [0.25, 0.3) is 0 Å². The van der Waals surface area contributed by atoms with E-state index in [4.69, 9.17) is 5.11 Å². The molecule has 0 unspecified atom stereocenters. The van der Waals surface area contributed by atoms with Gasteiger partial charge in [0.05, 0.1) is 0 Å². The zero-order valence-electron chi connectivity index (χ0n) is 10.1. The van der Waals surface area contributed by atoms with Gasteiger partial charge in [0.1, 0.15) is 6.04 Å². The van der Waals surface area contributed by atoms with Crippen molar-refractivity contribution in [1.29, 1.82) is 0 Å². The minimum absolute atomic E-state index is 0.214. The van der Waals surface area contributed by atoms with Crippen LogP contribution in [-0.4, -0.2) is 42.9 Å². The first-order valence-corrected chi connectivity index (χ1v) is 6.64. The molecule has 0 rings (SSSR count). The first-order chi connectivity index (χ1) is 7.22. The summed E-state index contributed by atoms with van der Waals surface area (Å²) in [4.78, 5) is 10.8. The fourth-order valence-corrected chi connectivity index (χ4v) is 2.36. The summed E-state index contributed by atoms with van der Waals surface area (Å²) < 4.78 is 26.7. The van der Waals surface area contributed by atoms with Crippen molar-refractivity contribution in [2.24, 2.45) is 0 Å². The second-order valence-electron chi connectivity index (χ2n) is 3.91. The van der Waals surface area contributed by atoms with Crippen LogP contribution >= 0.6 is 0 Å². The molecule has 96 valence electrons. The van der Waals surface area contributed by atoms with Gasteiger partial charge >= 0.3 is 5.97 Å². The van der Waals surface area contributed by atoms with Crippen molar-refractivity contribution in [2.45, 2.75) is 45.7 Å². The van der Waals surface area contributed by atoms with E-state index in [9.17, 15) is 13.2 Å². The van der Waals surface area contributed by atoms with Gasteiger partial charge in [-0.1, -0.05) is 13.3 Å². The van der Waals surface area contributed by atoms with Crippen LogP contribution in [0.1, 0.15) is 33.6 Å². The molecule has 7 heteroatoms. The Kier molecular flexibility index (Phi) is 5.91. The Balaban J connectivity index is 4.73. The molecular weight excluding hydrogens is 232 g/mol. The van der Waals surface area contributed by atoms with Crippen LogP contribution in [0.2, 0.25) is 0 Å². The number of nitrogens with zero attached hydrogens (tertiary/aromatic N) is 1. The third-order valence-electron chi connectivity index (χ3n) is 2.27. The molecule has 0 spiro atoms. The van der Waals surface area contributed by atoms with Crippen LogP contribution in [0.4, 0.5) is 0 Å². The highest BCUT2D eigenvalue weighted by molar-refractivity contribution is 7.87. The molecule has 0 saturated heterocycles. The molecule has 0 aromatic heterocycles. The monoisotopic (exact) mass is 252 g/mol. The fraction of sp³-hybridized carbons (Fsp3) is 0.889. The van der Waals surface area contributed by atoms with Crippen LogP contribution in [0.15, 0.2) is 0 Å². The normalized spacial score (nSPS) is 14.4. The molecule has 0 bridgehead atoms. The lowest BCUT2D eigenvalue weighted by atomic mass is 10.2. The topological polar surface area (TPSA) is 86.7 Å². The summed E-state index contributed by atoms with van der Waals surface area (Å²) in [5.74, 6) is -1.15. The summed E-state index contributed by atoms with van der Waals surface area (Å²) in [5, 5.41) is 8.84. The second kappa shape index (κ2) is 6.17. The van der Waals surface area contributed by atoms with Gasteiger partial charge in [-0.2, -0.15) is 17.4 Å². The predicted octanol–water partition coefficient (Wildman–Crippen LogP) is 0.414. The number of nitrogens with one attached hydrogen (secondary N) is 1. The zero-order chi connectivity index (χ0) is 12.9. The van der Waals surface area contributed by atoms with Gasteiger partial charge in [-0.3, -0.25) is 4.79 Å². The number of carbonyl (C=O) groups is 1. The molecule has 0 aromatic rings. The summed E-state index contributed by atoms with van der Waals surface area (Å²) in [5.41, 5.74) is 0. The molecule has 1 atom stereocenters. The number of carboxylic acid groups (broad SMARTS) is 1. The summed E-state index contributed by atoms with van der Waals surface area (Å²) in [6.45, 7) is 5.24. The van der Waals surface area contributed by atoms with Crippen LogP contribution < -0.4 is 4.72 Å². The van der Waals surface area contributed by atoms with E-state index in [1.54, 1.807) is 20.8 Å². The molecular formula is C9H20N2O4S. The molecule has 0 aliphatic rings. The van der Waals surface area contributed by atoms with Crippen LogP contribution in [0, 0.1) is 0 Å². The lowest BCUT2D eigenvalue weighted by Crippen LogP contribution is -2.48. The van der Waals surface area contributed by atoms with E-state index >= 15 is 0 Å². The Morgan fingerprint density at radius 2 is 1.94 bits per heavy atom. The van der Waals surface area contributed by atoms with Crippen LogP contribution in [0.3, 0.4) is 0 Å². The highest BCUT2D eigenvalue weighted by Gasteiger charge is 2.27. The maximum atomic E-state index is 11.7. The highest BCUT2D eigenvalue weighted by Crippen LogP contribution is 2.05. The van der Waals surface area contributed by atoms with Crippen molar-refractivity contribution >= 4 is 16.2 Å². The highest BCUT2D eigenvalue weighted by atomic mass is 32.2. The lowest BCUT2D eigenvalue weighted by Gasteiger charge is -2.23. The molecule has 0 aliphatic carbocycles. The number of carboxylic acids is 1. The van der Waals surface area contributed by atoms with E-state index in [1.165, 1.54) is 7.05 Å². The SMILES string of the molecule is CCC[C@H](NS(=O)(=O)N(C)C(C)C)C(=O)O. The van der Waals surface area contributed by atoms with Gasteiger partial charge in [0.15, 0.2) is 0 Å². The molecule has 0 radical (unpaired) electrons. The fourth-order valence-electron chi connectivity index (χ4n) is 1.06. The van der Waals surface area contributed by atoms with Gasteiger partial charge in [0, 0.05) is 13.1 Å². The number of hydrogen-bond donors (Lipinski definition) is 2. The van der Waals surface area contributed by atoms with Gasteiger partial charge in [0.25, 0.3) is 10.2 Å². The average molecular weight is 252 g/mol. The van der Waals surface area contributed by atoms with Crippen LogP contribution in [0.5, 0.6) is 0 Å². The molecule has 0 saturated carbocycles. The minimum Gasteiger partial charge on any atom is -0.480 e. The average Bonchev–Trinajstić information content (AvgIpc) is 2.15. The number of aliphatic carboxylic acids is 1. The summed E-state index contributed by atoms with van der Waals surface area (Å²) in [6.07, 6.45) is 0.880. The molecule has 0 aliphatic heterocycles. The van der Waals surface area contributed by atoms with E-state index in [0.29, 0.717) is 6.42 Å². The smallest absolute Gasteiger partial charge is 0.321 e. The van der Waals surface area contributed by atoms with E-state index in [2.05, 4.69) is 4.72 Å². The quantitative estimate of drug-likeness (QED) is 0.687. The zero-order valence-corrected chi connectivity index (χ0v) is 10.9.